The summed E-state index contributed by atoms with van der Waals surface area (Å²) in [6.07, 6.45) is -0.207. The molecule has 0 heterocycles. The highest BCUT2D eigenvalue weighted by atomic mass is 16.5. The largest absolute Gasteiger partial charge is 0.409 e. The molecule has 0 aromatic heterocycles. The molecule has 7 nitrogen and oxygen atoms in total. The van der Waals surface area contributed by atoms with Crippen LogP contribution in [0, 0.1) is 0 Å². The molecule has 17 heavy (non-hydrogen) atoms. The van der Waals surface area contributed by atoms with Crippen molar-refractivity contribution in [1.82, 2.24) is 4.90 Å². The number of methoxy groups -OCH3 is 2. The molecular weight excluding hydrogens is 226 g/mol. The van der Waals surface area contributed by atoms with E-state index >= 15 is 0 Å². The van der Waals surface area contributed by atoms with Crippen LogP contribution in [0.3, 0.4) is 0 Å². The Labute approximate surface area is 101 Å². The van der Waals surface area contributed by atoms with E-state index in [-0.39, 0.29) is 11.7 Å². The minimum atomic E-state index is -0.515. The van der Waals surface area contributed by atoms with Gasteiger partial charge >= 0.3 is 0 Å². The third-order valence-corrected chi connectivity index (χ3v) is 2.34. The van der Waals surface area contributed by atoms with Crippen molar-refractivity contribution in [3.63, 3.8) is 0 Å². The van der Waals surface area contributed by atoms with Crippen LogP contribution in [0.25, 0.3) is 0 Å². The lowest BCUT2D eigenvalue weighted by molar-refractivity contribution is -0.141. The van der Waals surface area contributed by atoms with E-state index in [1.165, 1.54) is 7.11 Å². The summed E-state index contributed by atoms with van der Waals surface area (Å²) in [5, 5.41) is 11.3. The highest BCUT2D eigenvalue weighted by Gasteiger charge is 2.19. The van der Waals surface area contributed by atoms with Crippen LogP contribution in [-0.4, -0.2) is 61.9 Å². The van der Waals surface area contributed by atoms with Crippen molar-refractivity contribution in [2.24, 2.45) is 10.9 Å². The number of nitrogens with zero attached hydrogens (tertiary/aromatic N) is 2. The molecule has 0 aromatic carbocycles. The molecule has 3 N–H and O–H groups in total. The molecule has 100 valence electrons. The summed E-state index contributed by atoms with van der Waals surface area (Å²) in [5.41, 5.74) is 5.36. The summed E-state index contributed by atoms with van der Waals surface area (Å²) in [6, 6.07) is 0. The minimum absolute atomic E-state index is 0.0882. The summed E-state index contributed by atoms with van der Waals surface area (Å²) in [7, 11) is 3.03. The van der Waals surface area contributed by atoms with Crippen molar-refractivity contribution in [3.8, 4) is 0 Å². The Morgan fingerprint density at radius 2 is 2.12 bits per heavy atom. The van der Waals surface area contributed by atoms with Gasteiger partial charge in [-0.15, -0.1) is 0 Å². The average Bonchev–Trinajstić information content (AvgIpc) is 2.36. The Morgan fingerprint density at radius 1 is 1.47 bits per heavy atom. The lowest BCUT2D eigenvalue weighted by Crippen LogP contribution is -2.42. The Hall–Kier alpha value is -1.34. The molecule has 7 heteroatoms. The number of amides is 1. The van der Waals surface area contributed by atoms with E-state index in [9.17, 15) is 4.79 Å². The molecule has 0 fully saturated rings. The fourth-order valence-electron chi connectivity index (χ4n) is 1.19. The Balaban J connectivity index is 4.36. The second kappa shape index (κ2) is 8.77. The first-order valence-corrected chi connectivity index (χ1v) is 5.33. The predicted octanol–water partition coefficient (Wildman–Crippen LogP) is -0.367. The fourth-order valence-corrected chi connectivity index (χ4v) is 1.19. The lowest BCUT2D eigenvalue weighted by atomic mass is 10.3. The van der Waals surface area contributed by atoms with Crippen molar-refractivity contribution >= 4 is 11.7 Å². The predicted molar refractivity (Wildman–Crippen MR) is 63.0 cm³/mol. The van der Waals surface area contributed by atoms with Gasteiger partial charge in [-0.2, -0.15) is 0 Å². The van der Waals surface area contributed by atoms with E-state index in [0.717, 1.165) is 0 Å². The molecule has 0 aliphatic heterocycles. The first kappa shape index (κ1) is 15.7. The van der Waals surface area contributed by atoms with Gasteiger partial charge in [0.15, 0.2) is 0 Å². The molecule has 0 bridgehead atoms. The van der Waals surface area contributed by atoms with Crippen LogP contribution in [-0.2, 0) is 14.3 Å². The summed E-state index contributed by atoms with van der Waals surface area (Å²) in [6.45, 7) is 2.91. The van der Waals surface area contributed by atoms with Crippen molar-refractivity contribution in [3.05, 3.63) is 0 Å². The third-order valence-electron chi connectivity index (χ3n) is 2.34. The highest BCUT2D eigenvalue weighted by Crippen LogP contribution is 2.00. The maximum Gasteiger partial charge on any atom is 0.251 e. The van der Waals surface area contributed by atoms with Crippen LogP contribution >= 0.6 is 0 Å². The van der Waals surface area contributed by atoms with Gasteiger partial charge in [-0.3, -0.25) is 4.79 Å². The quantitative estimate of drug-likeness (QED) is 0.264. The van der Waals surface area contributed by atoms with Crippen LogP contribution < -0.4 is 5.73 Å². The molecular formula is C10H21N3O4. The monoisotopic (exact) mass is 247 g/mol. The van der Waals surface area contributed by atoms with Gasteiger partial charge in [-0.25, -0.2) is 0 Å². The average molecular weight is 247 g/mol. The number of hydrogen-bond acceptors (Lipinski definition) is 5. The number of amidine groups is 1. The lowest BCUT2D eigenvalue weighted by Gasteiger charge is -2.24. The molecule has 1 amide bonds. The number of nitrogens with two attached hydrogens (primary N) is 1. The number of oxime groups is 1. The van der Waals surface area contributed by atoms with Gasteiger partial charge in [-0.05, 0) is 6.92 Å². The van der Waals surface area contributed by atoms with Crippen molar-refractivity contribution in [2.45, 2.75) is 19.4 Å². The van der Waals surface area contributed by atoms with E-state index in [0.29, 0.717) is 26.1 Å². The second-order valence-corrected chi connectivity index (χ2v) is 3.54. The van der Waals surface area contributed by atoms with Crippen LogP contribution in [0.5, 0.6) is 0 Å². The summed E-state index contributed by atoms with van der Waals surface area (Å²) in [4.78, 5) is 13.4. The summed E-state index contributed by atoms with van der Waals surface area (Å²) in [5.74, 6) is -0.0550. The zero-order chi connectivity index (χ0) is 13.3. The van der Waals surface area contributed by atoms with E-state index in [4.69, 9.17) is 20.4 Å². The van der Waals surface area contributed by atoms with Gasteiger partial charge in [0.2, 0.25) is 0 Å². The van der Waals surface area contributed by atoms with Gasteiger partial charge in [-0.1, -0.05) is 5.16 Å². The van der Waals surface area contributed by atoms with Crippen LogP contribution in [0.15, 0.2) is 5.16 Å². The zero-order valence-electron chi connectivity index (χ0n) is 10.5. The molecule has 1 atom stereocenters. The second-order valence-electron chi connectivity index (χ2n) is 3.54. The maximum absolute atomic E-state index is 11.9. The van der Waals surface area contributed by atoms with E-state index in [1.807, 2.05) is 0 Å². The fraction of sp³-hybridized carbons (Fsp3) is 0.800. The number of rotatable bonds is 8. The maximum atomic E-state index is 11.9. The third kappa shape index (κ3) is 6.08. The van der Waals surface area contributed by atoms with E-state index in [1.54, 1.807) is 18.9 Å². The molecule has 0 spiro atoms. The van der Waals surface area contributed by atoms with Gasteiger partial charge in [0.25, 0.3) is 5.91 Å². The number of ether oxygens (including phenoxy) is 2. The van der Waals surface area contributed by atoms with Gasteiger partial charge in [0.1, 0.15) is 11.9 Å². The molecule has 0 rings (SSSR count). The standard InChI is InChI=1S/C10H21N3O4/c1-8(17-3)10(14)13(6-7-16-2)5-4-9(11)12-15/h8,15H,4-7H2,1-3H3,(H2,11,12). The summed E-state index contributed by atoms with van der Waals surface area (Å²) < 4.78 is 9.89. The zero-order valence-corrected chi connectivity index (χ0v) is 10.5. The minimum Gasteiger partial charge on any atom is -0.409 e. The molecule has 0 saturated heterocycles. The smallest absolute Gasteiger partial charge is 0.251 e. The number of hydrogen-bond donors (Lipinski definition) is 2. The molecule has 0 aliphatic rings. The topological polar surface area (TPSA) is 97.4 Å². The SMILES string of the molecule is COCCN(CCC(N)=NO)C(=O)C(C)OC. The van der Waals surface area contributed by atoms with Crippen LogP contribution in [0.1, 0.15) is 13.3 Å². The normalized spacial score (nSPS) is 13.5. The van der Waals surface area contributed by atoms with E-state index < -0.39 is 6.10 Å². The first-order chi connectivity index (χ1) is 8.06. The van der Waals surface area contributed by atoms with E-state index in [2.05, 4.69) is 5.16 Å². The summed E-state index contributed by atoms with van der Waals surface area (Å²) >= 11 is 0. The number of carbonyl (C=O) groups excluding carboxylic acids is 1. The van der Waals surface area contributed by atoms with Crippen LogP contribution in [0.4, 0.5) is 0 Å². The van der Waals surface area contributed by atoms with Gasteiger partial charge in [0, 0.05) is 33.7 Å². The van der Waals surface area contributed by atoms with Crippen molar-refractivity contribution in [2.75, 3.05) is 33.9 Å². The molecule has 0 radical (unpaired) electrons. The number of carbonyl (C=O) groups is 1. The Bertz CT molecular complexity index is 258. The Morgan fingerprint density at radius 3 is 2.59 bits per heavy atom. The van der Waals surface area contributed by atoms with Crippen molar-refractivity contribution in [1.29, 1.82) is 0 Å². The van der Waals surface area contributed by atoms with Crippen molar-refractivity contribution < 1.29 is 19.5 Å². The highest BCUT2D eigenvalue weighted by molar-refractivity contribution is 5.83. The Kier molecular flexibility index (Phi) is 8.08. The molecule has 0 aliphatic carbocycles. The molecule has 1 unspecified atom stereocenters. The van der Waals surface area contributed by atoms with Gasteiger partial charge < -0.3 is 25.3 Å². The van der Waals surface area contributed by atoms with Crippen LogP contribution in [0.2, 0.25) is 0 Å². The molecule has 0 saturated carbocycles. The first-order valence-electron chi connectivity index (χ1n) is 5.33. The van der Waals surface area contributed by atoms with Gasteiger partial charge in [0.05, 0.1) is 6.61 Å². The molecule has 0 aromatic rings.